The molecule has 2 aromatic carbocycles. The number of hydrogen-bond donors (Lipinski definition) is 0. The molecule has 0 aromatic heterocycles. The van der Waals surface area contributed by atoms with Gasteiger partial charge in [0.05, 0.1) is 10.6 Å². The molecule has 2 aromatic rings. The van der Waals surface area contributed by atoms with E-state index in [9.17, 15) is 9.36 Å². The topological polar surface area (TPSA) is 43.4 Å². The van der Waals surface area contributed by atoms with Gasteiger partial charge in [-0.1, -0.05) is 36.4 Å². The SMILES string of the molecule is O=COP(=O)(c1ccccc1)c1ccccc1. The molecule has 0 saturated heterocycles. The van der Waals surface area contributed by atoms with Gasteiger partial charge in [0.15, 0.2) is 0 Å². The number of carbonyl (C=O) groups excluding carboxylic acids is 1. The fraction of sp³-hybridized carbons (Fsp3) is 0. The zero-order chi connectivity index (χ0) is 12.1. The van der Waals surface area contributed by atoms with E-state index in [1.165, 1.54) is 0 Å². The van der Waals surface area contributed by atoms with Gasteiger partial charge in [0, 0.05) is 0 Å². The van der Waals surface area contributed by atoms with Crippen molar-refractivity contribution in [2.24, 2.45) is 0 Å². The van der Waals surface area contributed by atoms with E-state index in [0.29, 0.717) is 10.6 Å². The summed E-state index contributed by atoms with van der Waals surface area (Å²) in [6.07, 6.45) is 0. The van der Waals surface area contributed by atoms with E-state index in [4.69, 9.17) is 4.52 Å². The minimum absolute atomic E-state index is 0.237. The molecule has 0 spiro atoms. The lowest BCUT2D eigenvalue weighted by atomic mass is 10.4. The molecule has 0 radical (unpaired) electrons. The van der Waals surface area contributed by atoms with E-state index in [2.05, 4.69) is 0 Å². The van der Waals surface area contributed by atoms with Gasteiger partial charge in [-0.25, -0.2) is 0 Å². The van der Waals surface area contributed by atoms with Crippen molar-refractivity contribution in [2.45, 2.75) is 0 Å². The van der Waals surface area contributed by atoms with Gasteiger partial charge in [-0.15, -0.1) is 0 Å². The highest BCUT2D eigenvalue weighted by Gasteiger charge is 2.28. The van der Waals surface area contributed by atoms with Gasteiger partial charge in [-0.3, -0.25) is 9.36 Å². The summed E-state index contributed by atoms with van der Waals surface area (Å²) in [4.78, 5) is 10.6. The van der Waals surface area contributed by atoms with Crippen LogP contribution in [0.4, 0.5) is 0 Å². The lowest BCUT2D eigenvalue weighted by Crippen LogP contribution is -2.17. The second-order valence-electron chi connectivity index (χ2n) is 3.42. The van der Waals surface area contributed by atoms with E-state index in [1.54, 1.807) is 48.5 Å². The summed E-state index contributed by atoms with van der Waals surface area (Å²) in [5.41, 5.74) is 0. The Balaban J connectivity index is 2.55. The second kappa shape index (κ2) is 4.98. The van der Waals surface area contributed by atoms with Crippen LogP contribution in [0.3, 0.4) is 0 Å². The third kappa shape index (κ3) is 2.29. The van der Waals surface area contributed by atoms with Gasteiger partial charge in [0.2, 0.25) is 0 Å². The van der Waals surface area contributed by atoms with Crippen molar-refractivity contribution in [2.75, 3.05) is 0 Å². The Bertz CT molecular complexity index is 494. The molecule has 3 nitrogen and oxygen atoms in total. The number of rotatable bonds is 4. The molecule has 4 heteroatoms. The first-order valence-electron chi connectivity index (χ1n) is 5.11. The Morgan fingerprint density at radius 2 is 1.24 bits per heavy atom. The molecule has 0 aliphatic carbocycles. The first-order chi connectivity index (χ1) is 8.27. The fourth-order valence-corrected chi connectivity index (χ4v) is 3.37. The van der Waals surface area contributed by atoms with Crippen molar-refractivity contribution in [1.82, 2.24) is 0 Å². The average molecular weight is 246 g/mol. The second-order valence-corrected chi connectivity index (χ2v) is 5.77. The molecular weight excluding hydrogens is 235 g/mol. The summed E-state index contributed by atoms with van der Waals surface area (Å²) in [5, 5.41) is 1.02. The monoisotopic (exact) mass is 246 g/mol. The van der Waals surface area contributed by atoms with Crippen LogP contribution < -0.4 is 10.6 Å². The number of hydrogen-bond acceptors (Lipinski definition) is 3. The summed E-state index contributed by atoms with van der Waals surface area (Å²) in [6.45, 7) is 0.237. The minimum atomic E-state index is -3.29. The Labute approximate surface area is 99.5 Å². The highest BCUT2D eigenvalue weighted by atomic mass is 31.2. The highest BCUT2D eigenvalue weighted by molar-refractivity contribution is 7.74. The van der Waals surface area contributed by atoms with Crippen LogP contribution in [0.1, 0.15) is 0 Å². The third-order valence-electron chi connectivity index (χ3n) is 2.38. The van der Waals surface area contributed by atoms with Gasteiger partial charge in [-0.2, -0.15) is 0 Å². The number of benzene rings is 2. The molecule has 0 unspecified atom stereocenters. The van der Waals surface area contributed by atoms with Gasteiger partial charge < -0.3 is 4.52 Å². The van der Waals surface area contributed by atoms with Crippen LogP contribution in [0.25, 0.3) is 0 Å². The fourth-order valence-electron chi connectivity index (χ4n) is 1.58. The highest BCUT2D eigenvalue weighted by Crippen LogP contribution is 2.43. The van der Waals surface area contributed by atoms with Crippen molar-refractivity contribution in [3.05, 3.63) is 60.7 Å². The first-order valence-corrected chi connectivity index (χ1v) is 6.73. The molecule has 2 rings (SSSR count). The van der Waals surface area contributed by atoms with Crippen LogP contribution in [0.15, 0.2) is 60.7 Å². The van der Waals surface area contributed by atoms with Crippen molar-refractivity contribution >= 4 is 24.5 Å². The Hall–Kier alpha value is -1.86. The van der Waals surface area contributed by atoms with Crippen LogP contribution in [0.5, 0.6) is 0 Å². The van der Waals surface area contributed by atoms with Gasteiger partial charge in [0.25, 0.3) is 6.47 Å². The van der Waals surface area contributed by atoms with E-state index in [-0.39, 0.29) is 6.47 Å². The molecule has 0 N–H and O–H groups in total. The first kappa shape index (κ1) is 11.6. The summed E-state index contributed by atoms with van der Waals surface area (Å²) in [5.74, 6) is 0. The number of carbonyl (C=O) groups is 1. The maximum Gasteiger partial charge on any atom is 0.308 e. The molecule has 0 aliphatic heterocycles. The molecule has 0 amide bonds. The standard InChI is InChI=1S/C13H11O3P/c14-11-16-17(15,12-7-3-1-4-8-12)13-9-5-2-6-10-13/h1-11H. The molecule has 86 valence electrons. The van der Waals surface area contributed by atoms with E-state index >= 15 is 0 Å². The van der Waals surface area contributed by atoms with Crippen LogP contribution in [-0.4, -0.2) is 6.47 Å². The van der Waals surface area contributed by atoms with Crippen molar-refractivity contribution in [3.63, 3.8) is 0 Å². The Morgan fingerprint density at radius 1 is 0.824 bits per heavy atom. The Kier molecular flexibility index (Phi) is 3.40. The summed E-state index contributed by atoms with van der Waals surface area (Å²) in [7, 11) is -3.29. The third-order valence-corrected chi connectivity index (χ3v) is 4.72. The summed E-state index contributed by atoms with van der Waals surface area (Å²) in [6, 6.07) is 17.5. The molecule has 0 fully saturated rings. The molecule has 0 heterocycles. The van der Waals surface area contributed by atoms with Gasteiger partial charge >= 0.3 is 7.37 Å². The van der Waals surface area contributed by atoms with Crippen molar-refractivity contribution in [3.8, 4) is 0 Å². The molecule has 0 saturated carbocycles. The van der Waals surface area contributed by atoms with E-state index < -0.39 is 7.37 Å². The van der Waals surface area contributed by atoms with Crippen molar-refractivity contribution < 1.29 is 13.9 Å². The van der Waals surface area contributed by atoms with Crippen LogP contribution >= 0.6 is 7.37 Å². The maximum absolute atomic E-state index is 12.8. The van der Waals surface area contributed by atoms with Crippen molar-refractivity contribution in [1.29, 1.82) is 0 Å². The predicted octanol–water partition coefficient (Wildman–Crippen LogP) is 2.09. The zero-order valence-corrected chi connectivity index (χ0v) is 9.92. The Morgan fingerprint density at radius 3 is 1.59 bits per heavy atom. The lowest BCUT2D eigenvalue weighted by Gasteiger charge is -2.16. The zero-order valence-electron chi connectivity index (χ0n) is 9.02. The molecule has 0 aliphatic rings. The van der Waals surface area contributed by atoms with Crippen LogP contribution in [-0.2, 0) is 13.9 Å². The minimum Gasteiger partial charge on any atom is -0.407 e. The normalized spacial score (nSPS) is 10.8. The largest absolute Gasteiger partial charge is 0.407 e. The molecule has 0 atom stereocenters. The van der Waals surface area contributed by atoms with Crippen LogP contribution in [0, 0.1) is 0 Å². The lowest BCUT2D eigenvalue weighted by molar-refractivity contribution is -0.120. The van der Waals surface area contributed by atoms with Gasteiger partial charge in [-0.05, 0) is 24.3 Å². The smallest absolute Gasteiger partial charge is 0.308 e. The van der Waals surface area contributed by atoms with Crippen LogP contribution in [0.2, 0.25) is 0 Å². The quantitative estimate of drug-likeness (QED) is 0.612. The predicted molar refractivity (Wildman–Crippen MR) is 66.9 cm³/mol. The molecular formula is C13H11O3P. The van der Waals surface area contributed by atoms with E-state index in [0.717, 1.165) is 0 Å². The maximum atomic E-state index is 12.8. The van der Waals surface area contributed by atoms with E-state index in [1.807, 2.05) is 12.1 Å². The summed E-state index contributed by atoms with van der Waals surface area (Å²) < 4.78 is 17.6. The summed E-state index contributed by atoms with van der Waals surface area (Å²) >= 11 is 0. The molecule has 17 heavy (non-hydrogen) atoms. The average Bonchev–Trinajstić information content (AvgIpc) is 2.41. The molecule has 0 bridgehead atoms. The van der Waals surface area contributed by atoms with Gasteiger partial charge in [0.1, 0.15) is 0 Å².